The number of morpholine rings is 1. The van der Waals surface area contributed by atoms with Gasteiger partial charge in [0, 0.05) is 42.2 Å². The number of aromatic nitrogens is 1. The maximum Gasteiger partial charge on any atom is 0.416 e. The lowest BCUT2D eigenvalue weighted by Crippen LogP contribution is -2.48. The van der Waals surface area contributed by atoms with Crippen LogP contribution < -0.4 is 10.0 Å². The molecule has 1 aromatic heterocycles. The number of carbonyl (C=O) groups is 1. The van der Waals surface area contributed by atoms with Crippen LogP contribution in [0.4, 0.5) is 13.2 Å². The van der Waals surface area contributed by atoms with E-state index >= 15 is 0 Å². The van der Waals surface area contributed by atoms with Crippen LogP contribution in [0.1, 0.15) is 52.9 Å². The van der Waals surface area contributed by atoms with E-state index in [1.54, 1.807) is 6.07 Å². The molecule has 3 aromatic carbocycles. The number of benzene rings is 3. The van der Waals surface area contributed by atoms with E-state index < -0.39 is 33.7 Å². The van der Waals surface area contributed by atoms with Crippen LogP contribution in [0, 0.1) is 0 Å². The molecule has 0 radical (unpaired) electrons. The zero-order chi connectivity index (χ0) is 34.8. The van der Waals surface area contributed by atoms with Gasteiger partial charge in [0.05, 0.1) is 46.5 Å². The standard InChI is InChI=1S/C36H40F3N5O4S/c1-24(25-7-4-3-5-8-25)41-35(45)33-30-22-29(49(46,47)40-2)11-12-32(30)42-34(26-9-6-10-27(21-26)36(37,38)39)31(33)23-43-15-13-28(14-16-43)44-17-19-48-20-18-44/h3-12,21-22,24,28,40H,13-20,23H2,1-2H3,(H,41,45)/t24-/m0/s1. The first-order valence-electron chi connectivity index (χ1n) is 16.4. The van der Waals surface area contributed by atoms with E-state index in [2.05, 4.69) is 19.8 Å². The molecule has 2 fully saturated rings. The van der Waals surface area contributed by atoms with Crippen LogP contribution in [0.2, 0.25) is 0 Å². The zero-order valence-electron chi connectivity index (χ0n) is 27.5. The number of piperidine rings is 1. The van der Waals surface area contributed by atoms with Gasteiger partial charge in [0.2, 0.25) is 10.0 Å². The fraction of sp³-hybridized carbons (Fsp3) is 0.389. The molecule has 2 aliphatic rings. The quantitative estimate of drug-likeness (QED) is 0.235. The fourth-order valence-corrected chi connectivity index (χ4v) is 7.52. The van der Waals surface area contributed by atoms with E-state index in [1.807, 2.05) is 37.3 Å². The van der Waals surface area contributed by atoms with Crippen molar-refractivity contribution in [2.24, 2.45) is 0 Å². The molecule has 6 rings (SSSR count). The van der Waals surface area contributed by atoms with Crippen LogP contribution in [0.15, 0.2) is 77.7 Å². The third kappa shape index (κ3) is 7.81. The largest absolute Gasteiger partial charge is 0.416 e. The second-order valence-corrected chi connectivity index (χ2v) is 14.4. The molecular formula is C36H40F3N5O4S. The van der Waals surface area contributed by atoms with Crippen molar-refractivity contribution in [3.63, 3.8) is 0 Å². The Morgan fingerprint density at radius 3 is 2.37 bits per heavy atom. The van der Waals surface area contributed by atoms with E-state index in [0.717, 1.165) is 43.6 Å². The molecule has 1 atom stereocenters. The summed E-state index contributed by atoms with van der Waals surface area (Å²) in [6, 6.07) is 18.6. The lowest BCUT2D eigenvalue weighted by Gasteiger charge is -2.40. The number of pyridine rings is 1. The van der Waals surface area contributed by atoms with E-state index in [4.69, 9.17) is 9.72 Å². The lowest BCUT2D eigenvalue weighted by atomic mass is 9.93. The second kappa shape index (κ2) is 14.5. The number of hydrogen-bond donors (Lipinski definition) is 2. The van der Waals surface area contributed by atoms with Gasteiger partial charge in [-0.25, -0.2) is 18.1 Å². The summed E-state index contributed by atoms with van der Waals surface area (Å²) in [6.07, 6.45) is -2.82. The normalized spacial score (nSPS) is 17.7. The predicted molar refractivity (Wildman–Crippen MR) is 181 cm³/mol. The minimum Gasteiger partial charge on any atom is -0.379 e. The van der Waals surface area contributed by atoms with Crippen molar-refractivity contribution in [2.45, 2.75) is 49.5 Å². The number of amides is 1. The summed E-state index contributed by atoms with van der Waals surface area (Å²) in [6.45, 7) is 6.65. The topological polar surface area (TPSA) is 104 Å². The van der Waals surface area contributed by atoms with Gasteiger partial charge in [0.1, 0.15) is 0 Å². The van der Waals surface area contributed by atoms with Gasteiger partial charge in [0.25, 0.3) is 5.91 Å². The first kappa shape index (κ1) is 35.0. The number of hydrogen-bond acceptors (Lipinski definition) is 7. The van der Waals surface area contributed by atoms with Crippen molar-refractivity contribution in [3.05, 3.63) is 95.1 Å². The number of fused-ring (bicyclic) bond motifs is 1. The molecule has 9 nitrogen and oxygen atoms in total. The van der Waals surface area contributed by atoms with Gasteiger partial charge in [-0.3, -0.25) is 14.6 Å². The molecule has 2 saturated heterocycles. The number of sulfonamides is 1. The number of likely N-dealkylation sites (tertiary alicyclic amines) is 1. The summed E-state index contributed by atoms with van der Waals surface area (Å²) >= 11 is 0. The molecule has 260 valence electrons. The van der Waals surface area contributed by atoms with Crippen molar-refractivity contribution in [2.75, 3.05) is 46.4 Å². The van der Waals surface area contributed by atoms with E-state index in [-0.39, 0.29) is 33.8 Å². The molecule has 0 aliphatic carbocycles. The van der Waals surface area contributed by atoms with Gasteiger partial charge in [-0.2, -0.15) is 13.2 Å². The Hall–Kier alpha value is -3.88. The summed E-state index contributed by atoms with van der Waals surface area (Å²) in [5.74, 6) is -0.478. The van der Waals surface area contributed by atoms with Crippen molar-refractivity contribution in [3.8, 4) is 11.3 Å². The first-order valence-corrected chi connectivity index (χ1v) is 17.9. The van der Waals surface area contributed by atoms with Gasteiger partial charge in [0.15, 0.2) is 0 Å². The highest BCUT2D eigenvalue weighted by Gasteiger charge is 2.33. The molecular weight excluding hydrogens is 655 g/mol. The molecule has 13 heteroatoms. The Morgan fingerprint density at radius 1 is 0.980 bits per heavy atom. The molecule has 0 spiro atoms. The molecule has 3 heterocycles. The Morgan fingerprint density at radius 2 is 1.69 bits per heavy atom. The average molecular weight is 696 g/mol. The molecule has 2 N–H and O–H groups in total. The Labute approximate surface area is 284 Å². The number of nitrogens with zero attached hydrogens (tertiary/aromatic N) is 3. The fourth-order valence-electron chi connectivity index (χ4n) is 6.76. The second-order valence-electron chi connectivity index (χ2n) is 12.5. The van der Waals surface area contributed by atoms with E-state index in [1.165, 1.54) is 31.3 Å². The third-order valence-corrected chi connectivity index (χ3v) is 10.9. The maximum atomic E-state index is 14.5. The molecule has 2 aliphatic heterocycles. The van der Waals surface area contributed by atoms with Crippen LogP contribution >= 0.6 is 0 Å². The van der Waals surface area contributed by atoms with Crippen LogP contribution in [-0.2, 0) is 27.5 Å². The van der Waals surface area contributed by atoms with E-state index in [9.17, 15) is 26.4 Å². The van der Waals surface area contributed by atoms with Crippen molar-refractivity contribution in [1.29, 1.82) is 0 Å². The summed E-state index contributed by atoms with van der Waals surface area (Å²) < 4.78 is 75.5. The van der Waals surface area contributed by atoms with Gasteiger partial charge < -0.3 is 10.1 Å². The van der Waals surface area contributed by atoms with E-state index in [0.29, 0.717) is 43.3 Å². The van der Waals surface area contributed by atoms with Gasteiger partial charge in [-0.05, 0) is 75.8 Å². The molecule has 1 amide bonds. The average Bonchev–Trinajstić information content (AvgIpc) is 3.11. The minimum absolute atomic E-state index is 0.0569. The number of alkyl halides is 3. The highest BCUT2D eigenvalue weighted by Crippen LogP contribution is 2.37. The van der Waals surface area contributed by atoms with Gasteiger partial charge in [-0.1, -0.05) is 42.5 Å². The van der Waals surface area contributed by atoms with Crippen molar-refractivity contribution >= 4 is 26.8 Å². The van der Waals surface area contributed by atoms with Crippen LogP contribution in [-0.4, -0.2) is 81.6 Å². The summed E-state index contributed by atoms with van der Waals surface area (Å²) in [5.41, 5.74) is 1.40. The molecule has 0 bridgehead atoms. The summed E-state index contributed by atoms with van der Waals surface area (Å²) in [7, 11) is -2.60. The van der Waals surface area contributed by atoms with Crippen LogP contribution in [0.25, 0.3) is 22.2 Å². The molecule has 0 saturated carbocycles. The molecule has 49 heavy (non-hydrogen) atoms. The number of halogens is 3. The smallest absolute Gasteiger partial charge is 0.379 e. The summed E-state index contributed by atoms with van der Waals surface area (Å²) in [4.78, 5) is 23.9. The summed E-state index contributed by atoms with van der Waals surface area (Å²) in [5, 5.41) is 3.36. The number of rotatable bonds is 9. The number of carbonyl (C=O) groups excluding carboxylic acids is 1. The zero-order valence-corrected chi connectivity index (χ0v) is 28.3. The van der Waals surface area contributed by atoms with Crippen molar-refractivity contribution < 1.29 is 31.1 Å². The Bertz CT molecular complexity index is 1910. The maximum absolute atomic E-state index is 14.5. The highest BCUT2D eigenvalue weighted by molar-refractivity contribution is 7.89. The van der Waals surface area contributed by atoms with Gasteiger partial charge in [-0.15, -0.1) is 0 Å². The lowest BCUT2D eigenvalue weighted by molar-refractivity contribution is -0.137. The molecule has 4 aromatic rings. The predicted octanol–water partition coefficient (Wildman–Crippen LogP) is 5.62. The van der Waals surface area contributed by atoms with Crippen LogP contribution in [0.5, 0.6) is 0 Å². The van der Waals surface area contributed by atoms with Crippen molar-refractivity contribution in [1.82, 2.24) is 24.8 Å². The number of ether oxygens (including phenoxy) is 1. The SMILES string of the molecule is CNS(=O)(=O)c1ccc2nc(-c3cccc(C(F)(F)F)c3)c(CN3CCC(N4CCOCC4)CC3)c(C(=O)N[C@@H](C)c3ccccc3)c2c1. The Kier molecular flexibility index (Phi) is 10.4. The van der Waals surface area contributed by atoms with Gasteiger partial charge >= 0.3 is 6.18 Å². The monoisotopic (exact) mass is 695 g/mol. The highest BCUT2D eigenvalue weighted by atomic mass is 32.2. The Balaban J connectivity index is 1.49. The molecule has 0 unspecified atom stereocenters. The third-order valence-electron chi connectivity index (χ3n) is 9.47. The minimum atomic E-state index is -4.59. The van der Waals surface area contributed by atoms with Crippen LogP contribution in [0.3, 0.4) is 0 Å². The number of nitrogens with one attached hydrogen (secondary N) is 2. The first-order chi connectivity index (χ1) is 23.4.